The lowest BCUT2D eigenvalue weighted by Gasteiger charge is -2.06. The topological polar surface area (TPSA) is 81.4 Å². The van der Waals surface area contributed by atoms with E-state index < -0.39 is 5.97 Å². The van der Waals surface area contributed by atoms with Gasteiger partial charge in [0.05, 0.1) is 12.6 Å². The van der Waals surface area contributed by atoms with Gasteiger partial charge in [0.25, 0.3) is 5.91 Å². The molecule has 0 saturated heterocycles. The normalized spacial score (nSPS) is 10.4. The molecular formula is C22H22N2O4. The van der Waals surface area contributed by atoms with Crippen LogP contribution < -0.4 is 5.32 Å². The summed E-state index contributed by atoms with van der Waals surface area (Å²) in [7, 11) is 0. The molecule has 1 aromatic heterocycles. The number of nitrogens with zero attached hydrogens (tertiary/aromatic N) is 1. The fourth-order valence-corrected chi connectivity index (χ4v) is 2.63. The Balaban J connectivity index is 1.33. The number of esters is 1. The number of carbonyl (C=O) groups is 2. The number of carbonyl (C=O) groups excluding carboxylic acids is 2. The quantitative estimate of drug-likeness (QED) is 0.579. The third kappa shape index (κ3) is 6.09. The second-order valence-electron chi connectivity index (χ2n) is 6.23. The number of hydrogen-bond donors (Lipinski definition) is 1. The van der Waals surface area contributed by atoms with Crippen LogP contribution >= 0.6 is 0 Å². The van der Waals surface area contributed by atoms with E-state index in [1.54, 1.807) is 6.20 Å². The van der Waals surface area contributed by atoms with Crippen molar-refractivity contribution in [3.8, 4) is 11.3 Å². The molecule has 0 spiro atoms. The molecule has 3 rings (SSSR count). The largest absolute Gasteiger partial charge is 0.456 e. The monoisotopic (exact) mass is 378 g/mol. The predicted octanol–water partition coefficient (Wildman–Crippen LogP) is 3.18. The summed E-state index contributed by atoms with van der Waals surface area (Å²) < 4.78 is 10.6. The van der Waals surface area contributed by atoms with Crippen LogP contribution in [0.1, 0.15) is 17.9 Å². The fourth-order valence-electron chi connectivity index (χ4n) is 2.63. The Morgan fingerprint density at radius 2 is 1.68 bits per heavy atom. The summed E-state index contributed by atoms with van der Waals surface area (Å²) in [5, 5.41) is 2.73. The van der Waals surface area contributed by atoms with Crippen LogP contribution in [-0.2, 0) is 27.2 Å². The summed E-state index contributed by atoms with van der Waals surface area (Å²) in [5.41, 5.74) is 2.07. The van der Waals surface area contributed by atoms with Crippen molar-refractivity contribution in [1.82, 2.24) is 10.3 Å². The van der Waals surface area contributed by atoms with E-state index in [-0.39, 0.29) is 18.9 Å². The van der Waals surface area contributed by atoms with Gasteiger partial charge in [-0.25, -0.2) is 4.98 Å². The molecule has 2 aromatic carbocycles. The number of aromatic nitrogens is 1. The van der Waals surface area contributed by atoms with Gasteiger partial charge in [0.1, 0.15) is 0 Å². The highest BCUT2D eigenvalue weighted by Gasteiger charge is 2.11. The third-order valence-electron chi connectivity index (χ3n) is 4.10. The number of nitrogens with one attached hydrogen (secondary N) is 1. The predicted molar refractivity (Wildman–Crippen MR) is 104 cm³/mol. The van der Waals surface area contributed by atoms with Gasteiger partial charge < -0.3 is 14.5 Å². The molecule has 0 aliphatic heterocycles. The highest BCUT2D eigenvalue weighted by Crippen LogP contribution is 2.20. The van der Waals surface area contributed by atoms with Crippen molar-refractivity contribution in [2.75, 3.05) is 13.2 Å². The van der Waals surface area contributed by atoms with Gasteiger partial charge in [-0.3, -0.25) is 9.59 Å². The van der Waals surface area contributed by atoms with Crippen molar-refractivity contribution in [2.45, 2.75) is 19.3 Å². The van der Waals surface area contributed by atoms with Crippen LogP contribution in [-0.4, -0.2) is 30.0 Å². The van der Waals surface area contributed by atoms with Crippen molar-refractivity contribution in [3.05, 3.63) is 78.3 Å². The standard InChI is InChI=1S/C22H22N2O4/c25-20(23-14-13-17-7-3-1-4-8-17)16-27-22(26)12-11-21-24-15-19(28-21)18-9-5-2-6-10-18/h1-10,15H,11-14,16H2,(H,23,25). The van der Waals surface area contributed by atoms with Crippen LogP contribution in [0.5, 0.6) is 0 Å². The van der Waals surface area contributed by atoms with Gasteiger partial charge >= 0.3 is 5.97 Å². The van der Waals surface area contributed by atoms with E-state index in [0.717, 1.165) is 17.5 Å². The van der Waals surface area contributed by atoms with Gasteiger partial charge in [-0.05, 0) is 12.0 Å². The molecule has 0 saturated carbocycles. The van der Waals surface area contributed by atoms with E-state index in [9.17, 15) is 9.59 Å². The van der Waals surface area contributed by atoms with E-state index >= 15 is 0 Å². The van der Waals surface area contributed by atoms with Crippen molar-refractivity contribution >= 4 is 11.9 Å². The molecule has 0 bridgehead atoms. The molecule has 6 nitrogen and oxygen atoms in total. The molecule has 0 aliphatic carbocycles. The van der Waals surface area contributed by atoms with E-state index in [1.165, 1.54) is 0 Å². The van der Waals surface area contributed by atoms with Crippen molar-refractivity contribution in [2.24, 2.45) is 0 Å². The van der Waals surface area contributed by atoms with Gasteiger partial charge in [-0.15, -0.1) is 0 Å². The molecule has 1 amide bonds. The molecule has 0 unspecified atom stereocenters. The Morgan fingerprint density at radius 1 is 0.964 bits per heavy atom. The first-order chi connectivity index (χ1) is 13.7. The molecule has 0 aliphatic rings. The fraction of sp³-hybridized carbons (Fsp3) is 0.227. The zero-order chi connectivity index (χ0) is 19.6. The highest BCUT2D eigenvalue weighted by atomic mass is 16.5. The first-order valence-corrected chi connectivity index (χ1v) is 9.17. The van der Waals surface area contributed by atoms with Gasteiger partial charge in [-0.1, -0.05) is 60.7 Å². The smallest absolute Gasteiger partial charge is 0.306 e. The first-order valence-electron chi connectivity index (χ1n) is 9.17. The van der Waals surface area contributed by atoms with E-state index in [2.05, 4.69) is 10.3 Å². The number of aryl methyl sites for hydroxylation is 1. The van der Waals surface area contributed by atoms with E-state index in [4.69, 9.17) is 9.15 Å². The minimum absolute atomic E-state index is 0.103. The highest BCUT2D eigenvalue weighted by molar-refractivity contribution is 5.80. The molecule has 0 fully saturated rings. The van der Waals surface area contributed by atoms with Crippen LogP contribution in [0.15, 0.2) is 71.3 Å². The Labute approximate surface area is 163 Å². The number of oxazole rings is 1. The lowest BCUT2D eigenvalue weighted by molar-refractivity contribution is -0.148. The summed E-state index contributed by atoms with van der Waals surface area (Å²) in [6, 6.07) is 19.5. The number of hydrogen-bond acceptors (Lipinski definition) is 5. The summed E-state index contributed by atoms with van der Waals surface area (Å²) in [6.07, 6.45) is 2.79. The number of benzene rings is 2. The van der Waals surface area contributed by atoms with Gasteiger partial charge in [-0.2, -0.15) is 0 Å². The minimum atomic E-state index is -0.460. The van der Waals surface area contributed by atoms with Gasteiger partial charge in [0.15, 0.2) is 18.3 Å². The van der Waals surface area contributed by atoms with Gasteiger partial charge in [0.2, 0.25) is 0 Å². The van der Waals surface area contributed by atoms with Crippen molar-refractivity contribution in [1.29, 1.82) is 0 Å². The molecule has 144 valence electrons. The summed E-state index contributed by atoms with van der Waals surface area (Å²) in [5.74, 6) is 0.342. The van der Waals surface area contributed by atoms with E-state index in [1.807, 2.05) is 60.7 Å². The summed E-state index contributed by atoms with van der Waals surface area (Å²) in [4.78, 5) is 27.7. The van der Waals surface area contributed by atoms with Crippen LogP contribution in [0.4, 0.5) is 0 Å². The first kappa shape index (κ1) is 19.4. The van der Waals surface area contributed by atoms with Crippen LogP contribution in [0.3, 0.4) is 0 Å². The average molecular weight is 378 g/mol. The Morgan fingerprint density at radius 3 is 2.43 bits per heavy atom. The third-order valence-corrected chi connectivity index (χ3v) is 4.10. The summed E-state index contributed by atoms with van der Waals surface area (Å²) >= 11 is 0. The maximum atomic E-state index is 11.8. The zero-order valence-electron chi connectivity index (χ0n) is 15.5. The lowest BCUT2D eigenvalue weighted by atomic mass is 10.1. The maximum Gasteiger partial charge on any atom is 0.306 e. The number of ether oxygens (including phenoxy) is 1. The SMILES string of the molecule is O=C(COC(=O)CCc1ncc(-c2ccccc2)o1)NCCc1ccccc1. The van der Waals surface area contributed by atoms with Crippen molar-refractivity contribution < 1.29 is 18.7 Å². The molecule has 1 N–H and O–H groups in total. The van der Waals surface area contributed by atoms with Crippen molar-refractivity contribution in [3.63, 3.8) is 0 Å². The maximum absolute atomic E-state index is 11.8. The Bertz CT molecular complexity index is 891. The molecule has 3 aromatic rings. The lowest BCUT2D eigenvalue weighted by Crippen LogP contribution is -2.30. The second kappa shape index (κ2) is 10.1. The number of amides is 1. The van der Waals surface area contributed by atoms with E-state index in [0.29, 0.717) is 24.6 Å². The average Bonchev–Trinajstić information content (AvgIpc) is 3.21. The zero-order valence-corrected chi connectivity index (χ0v) is 15.5. The molecule has 0 atom stereocenters. The van der Waals surface area contributed by atoms with Crippen LogP contribution in [0.2, 0.25) is 0 Å². The molecule has 6 heteroatoms. The summed E-state index contributed by atoms with van der Waals surface area (Å²) in [6.45, 7) is 0.216. The molecule has 28 heavy (non-hydrogen) atoms. The molecule has 1 heterocycles. The van der Waals surface area contributed by atoms with Gasteiger partial charge in [0, 0.05) is 18.5 Å². The molecular weight excluding hydrogens is 356 g/mol. The Hall–Kier alpha value is -3.41. The molecule has 0 radical (unpaired) electrons. The Kier molecular flexibility index (Phi) is 6.95. The van der Waals surface area contributed by atoms with Crippen LogP contribution in [0, 0.1) is 0 Å². The second-order valence-corrected chi connectivity index (χ2v) is 6.23. The number of rotatable bonds is 9. The van der Waals surface area contributed by atoms with Crippen LogP contribution in [0.25, 0.3) is 11.3 Å². The minimum Gasteiger partial charge on any atom is -0.456 e.